The minimum absolute atomic E-state index is 0.213. The van der Waals surface area contributed by atoms with Crippen molar-refractivity contribution in [1.29, 1.82) is 0 Å². The second-order valence-electron chi connectivity index (χ2n) is 4.98. The van der Waals surface area contributed by atoms with Crippen LogP contribution in [0.1, 0.15) is 6.92 Å². The molecule has 0 bridgehead atoms. The fourth-order valence-electron chi connectivity index (χ4n) is 2.39. The highest BCUT2D eigenvalue weighted by Gasteiger charge is 2.34. The summed E-state index contributed by atoms with van der Waals surface area (Å²) < 4.78 is 6.67. The number of carbonyl (C=O) groups is 1. The highest BCUT2D eigenvalue weighted by atomic mass is 79.9. The van der Waals surface area contributed by atoms with Crippen LogP contribution in [0.15, 0.2) is 28.7 Å². The summed E-state index contributed by atoms with van der Waals surface area (Å²) in [7, 11) is 0. The van der Waals surface area contributed by atoms with Crippen LogP contribution in [0.25, 0.3) is 0 Å². The molecule has 0 amide bonds. The van der Waals surface area contributed by atoms with Crippen molar-refractivity contribution >= 4 is 21.9 Å². The summed E-state index contributed by atoms with van der Waals surface area (Å²) in [5, 5.41) is 9.07. The van der Waals surface area contributed by atoms with Gasteiger partial charge in [-0.25, -0.2) is 0 Å². The fourth-order valence-corrected chi connectivity index (χ4v) is 2.66. The normalized spacial score (nSPS) is 23.5. The minimum Gasteiger partial charge on any atom is -0.492 e. The van der Waals surface area contributed by atoms with E-state index in [2.05, 4.69) is 20.8 Å². The molecule has 0 saturated carbocycles. The average molecular weight is 328 g/mol. The maximum absolute atomic E-state index is 11.0. The summed E-state index contributed by atoms with van der Waals surface area (Å²) in [6, 6.07) is 7.70. The van der Waals surface area contributed by atoms with E-state index in [9.17, 15) is 4.79 Å². The summed E-state index contributed by atoms with van der Waals surface area (Å²) in [4.78, 5) is 13.2. The third kappa shape index (κ3) is 3.94. The van der Waals surface area contributed by atoms with Crippen LogP contribution in [0.5, 0.6) is 5.75 Å². The standard InChI is InChI=1S/C14H18BrNO3/c1-10-8-16(9-13(10)14(17)18)6-7-19-12-4-2-11(15)3-5-12/h2-5,10,13H,6-9H2,1H3,(H,17,18). The SMILES string of the molecule is CC1CN(CCOc2ccc(Br)cc2)CC1C(=O)O. The lowest BCUT2D eigenvalue weighted by Gasteiger charge is -2.15. The number of carboxylic acid groups (broad SMARTS) is 1. The van der Waals surface area contributed by atoms with Gasteiger partial charge in [-0.3, -0.25) is 9.69 Å². The Hall–Kier alpha value is -1.07. The second-order valence-corrected chi connectivity index (χ2v) is 5.90. The number of hydrogen-bond acceptors (Lipinski definition) is 3. The lowest BCUT2D eigenvalue weighted by atomic mass is 9.99. The van der Waals surface area contributed by atoms with Crippen molar-refractivity contribution in [3.8, 4) is 5.75 Å². The monoisotopic (exact) mass is 327 g/mol. The van der Waals surface area contributed by atoms with E-state index in [0.717, 1.165) is 23.3 Å². The Bertz CT molecular complexity index is 435. The van der Waals surface area contributed by atoms with Gasteiger partial charge in [0.1, 0.15) is 12.4 Å². The van der Waals surface area contributed by atoms with Crippen molar-refractivity contribution in [2.45, 2.75) is 6.92 Å². The van der Waals surface area contributed by atoms with Gasteiger partial charge in [-0.2, -0.15) is 0 Å². The van der Waals surface area contributed by atoms with Crippen molar-refractivity contribution in [3.05, 3.63) is 28.7 Å². The molecule has 19 heavy (non-hydrogen) atoms. The van der Waals surface area contributed by atoms with Gasteiger partial charge in [0, 0.05) is 24.1 Å². The molecule has 5 heteroatoms. The van der Waals surface area contributed by atoms with Gasteiger partial charge in [-0.15, -0.1) is 0 Å². The number of ether oxygens (including phenoxy) is 1. The van der Waals surface area contributed by atoms with Crippen LogP contribution < -0.4 is 4.74 Å². The molecule has 104 valence electrons. The summed E-state index contributed by atoms with van der Waals surface area (Å²) in [5.74, 6) is 0.118. The second kappa shape index (κ2) is 6.39. The number of halogens is 1. The average Bonchev–Trinajstić information content (AvgIpc) is 2.73. The number of hydrogen-bond donors (Lipinski definition) is 1. The molecule has 1 aliphatic rings. The Balaban J connectivity index is 1.75. The molecular weight excluding hydrogens is 310 g/mol. The van der Waals surface area contributed by atoms with Crippen LogP contribution in [-0.4, -0.2) is 42.2 Å². The zero-order chi connectivity index (χ0) is 13.8. The smallest absolute Gasteiger partial charge is 0.308 e. The molecule has 0 aliphatic carbocycles. The van der Waals surface area contributed by atoms with Crippen LogP contribution in [-0.2, 0) is 4.79 Å². The number of aliphatic carboxylic acids is 1. The molecule has 2 rings (SSSR count). The molecule has 1 saturated heterocycles. The zero-order valence-electron chi connectivity index (χ0n) is 10.9. The van der Waals surface area contributed by atoms with E-state index >= 15 is 0 Å². The first-order valence-corrected chi connectivity index (χ1v) is 7.19. The molecule has 0 spiro atoms. The summed E-state index contributed by atoms with van der Waals surface area (Å²) in [6.07, 6.45) is 0. The Morgan fingerprint density at radius 2 is 2.11 bits per heavy atom. The third-order valence-corrected chi connectivity index (χ3v) is 4.02. The predicted molar refractivity (Wildman–Crippen MR) is 76.4 cm³/mol. The molecule has 4 nitrogen and oxygen atoms in total. The Kier molecular flexibility index (Phi) is 4.82. The molecular formula is C14H18BrNO3. The van der Waals surface area contributed by atoms with Crippen molar-refractivity contribution in [1.82, 2.24) is 4.90 Å². The van der Waals surface area contributed by atoms with E-state index in [-0.39, 0.29) is 11.8 Å². The summed E-state index contributed by atoms with van der Waals surface area (Å²) in [5.41, 5.74) is 0. The van der Waals surface area contributed by atoms with Crippen LogP contribution in [0, 0.1) is 11.8 Å². The molecule has 1 fully saturated rings. The fraction of sp³-hybridized carbons (Fsp3) is 0.500. The van der Waals surface area contributed by atoms with Crippen molar-refractivity contribution in [2.24, 2.45) is 11.8 Å². The first-order chi connectivity index (χ1) is 9.06. The van der Waals surface area contributed by atoms with Gasteiger partial charge in [0.25, 0.3) is 0 Å². The largest absolute Gasteiger partial charge is 0.492 e. The van der Waals surface area contributed by atoms with Gasteiger partial charge in [0.05, 0.1) is 5.92 Å². The van der Waals surface area contributed by atoms with E-state index in [1.165, 1.54) is 0 Å². The Morgan fingerprint density at radius 3 is 2.68 bits per heavy atom. The molecule has 1 aromatic rings. The van der Waals surface area contributed by atoms with E-state index in [1.807, 2.05) is 31.2 Å². The molecule has 2 atom stereocenters. The Morgan fingerprint density at radius 1 is 1.42 bits per heavy atom. The molecule has 0 radical (unpaired) electrons. The highest BCUT2D eigenvalue weighted by molar-refractivity contribution is 9.10. The minimum atomic E-state index is -0.691. The van der Waals surface area contributed by atoms with Gasteiger partial charge < -0.3 is 9.84 Å². The van der Waals surface area contributed by atoms with Crippen molar-refractivity contribution in [2.75, 3.05) is 26.2 Å². The Labute approximate surface area is 121 Å². The number of likely N-dealkylation sites (tertiary alicyclic amines) is 1. The van der Waals surface area contributed by atoms with Crippen LogP contribution >= 0.6 is 15.9 Å². The molecule has 0 aromatic heterocycles. The maximum atomic E-state index is 11.0. The van der Waals surface area contributed by atoms with Crippen LogP contribution in [0.3, 0.4) is 0 Å². The molecule has 2 unspecified atom stereocenters. The van der Waals surface area contributed by atoms with Gasteiger partial charge in [0.2, 0.25) is 0 Å². The molecule has 1 aliphatic heterocycles. The third-order valence-electron chi connectivity index (χ3n) is 3.50. The van der Waals surface area contributed by atoms with Gasteiger partial charge in [-0.05, 0) is 30.2 Å². The van der Waals surface area contributed by atoms with Crippen molar-refractivity contribution < 1.29 is 14.6 Å². The van der Waals surface area contributed by atoms with Crippen molar-refractivity contribution in [3.63, 3.8) is 0 Å². The maximum Gasteiger partial charge on any atom is 0.308 e. The topological polar surface area (TPSA) is 49.8 Å². The lowest BCUT2D eigenvalue weighted by molar-refractivity contribution is -0.142. The van der Waals surface area contributed by atoms with E-state index in [0.29, 0.717) is 13.2 Å². The highest BCUT2D eigenvalue weighted by Crippen LogP contribution is 2.23. The van der Waals surface area contributed by atoms with Crippen LogP contribution in [0.4, 0.5) is 0 Å². The van der Waals surface area contributed by atoms with E-state index in [1.54, 1.807) is 0 Å². The van der Waals surface area contributed by atoms with Gasteiger partial charge in [0.15, 0.2) is 0 Å². The predicted octanol–water partition coefficient (Wildman–Crippen LogP) is 2.48. The summed E-state index contributed by atoms with van der Waals surface area (Å²) >= 11 is 3.37. The first-order valence-electron chi connectivity index (χ1n) is 6.40. The molecule has 1 aromatic carbocycles. The van der Waals surface area contributed by atoms with Gasteiger partial charge >= 0.3 is 5.97 Å². The zero-order valence-corrected chi connectivity index (χ0v) is 12.5. The number of rotatable bonds is 5. The number of nitrogens with zero attached hydrogens (tertiary/aromatic N) is 1. The number of benzene rings is 1. The first kappa shape index (κ1) is 14.3. The number of carboxylic acids is 1. The van der Waals surface area contributed by atoms with Crippen LogP contribution in [0.2, 0.25) is 0 Å². The summed E-state index contributed by atoms with van der Waals surface area (Å²) in [6.45, 7) is 4.81. The molecule has 1 N–H and O–H groups in total. The van der Waals surface area contributed by atoms with E-state index in [4.69, 9.17) is 9.84 Å². The molecule has 1 heterocycles. The lowest BCUT2D eigenvalue weighted by Crippen LogP contribution is -2.27. The quantitative estimate of drug-likeness (QED) is 0.902. The van der Waals surface area contributed by atoms with Gasteiger partial charge in [-0.1, -0.05) is 22.9 Å². The van der Waals surface area contributed by atoms with E-state index < -0.39 is 5.97 Å².